The molecule has 0 radical (unpaired) electrons. The maximum absolute atomic E-state index is 12.6. The summed E-state index contributed by atoms with van der Waals surface area (Å²) in [5.74, 6) is -0.164. The van der Waals surface area contributed by atoms with Crippen LogP contribution in [0, 0.1) is 0 Å². The summed E-state index contributed by atoms with van der Waals surface area (Å²) in [5.41, 5.74) is 2.76. The second-order valence-corrected chi connectivity index (χ2v) is 7.15. The summed E-state index contributed by atoms with van der Waals surface area (Å²) < 4.78 is 43.3. The van der Waals surface area contributed by atoms with Crippen molar-refractivity contribution in [2.45, 2.75) is 19.7 Å². The second kappa shape index (κ2) is 9.19. The highest BCUT2D eigenvalue weighted by Crippen LogP contribution is 2.28. The van der Waals surface area contributed by atoms with Gasteiger partial charge in [0.15, 0.2) is 5.65 Å². The van der Waals surface area contributed by atoms with Crippen molar-refractivity contribution in [3.05, 3.63) is 72.3 Å². The van der Waals surface area contributed by atoms with Crippen molar-refractivity contribution in [3.8, 4) is 17.0 Å². The summed E-state index contributed by atoms with van der Waals surface area (Å²) in [7, 11) is 0. The van der Waals surface area contributed by atoms with Gasteiger partial charge in [-0.15, -0.1) is 18.3 Å². The van der Waals surface area contributed by atoms with Crippen LogP contribution in [0.4, 0.5) is 24.8 Å². The highest BCUT2D eigenvalue weighted by Gasteiger charge is 2.31. The lowest BCUT2D eigenvalue weighted by Crippen LogP contribution is -2.23. The fourth-order valence-corrected chi connectivity index (χ4v) is 3.20. The number of carbonyl (C=O) groups excluding carboxylic acids is 1. The molecule has 2 heterocycles. The van der Waals surface area contributed by atoms with Gasteiger partial charge in [0.2, 0.25) is 5.95 Å². The number of nitrogens with zero attached hydrogens (tertiary/aromatic N) is 3. The number of anilines is 2. The van der Waals surface area contributed by atoms with E-state index in [1.54, 1.807) is 48.5 Å². The zero-order valence-electron chi connectivity index (χ0n) is 17.6. The van der Waals surface area contributed by atoms with Crippen LogP contribution >= 0.6 is 0 Å². The smallest absolute Gasteiger partial charge is 0.406 e. The van der Waals surface area contributed by atoms with E-state index in [2.05, 4.69) is 25.5 Å². The molecule has 33 heavy (non-hydrogen) atoms. The fourth-order valence-electron chi connectivity index (χ4n) is 3.20. The van der Waals surface area contributed by atoms with E-state index in [1.807, 2.05) is 6.92 Å². The highest BCUT2D eigenvalue weighted by atomic mass is 19.4. The molecule has 0 aliphatic rings. The fraction of sp³-hybridized carbons (Fsp3) is 0.174. The third kappa shape index (κ3) is 5.40. The Balaban J connectivity index is 1.57. The molecule has 0 saturated heterocycles. The van der Waals surface area contributed by atoms with Gasteiger partial charge >= 0.3 is 6.36 Å². The lowest BCUT2D eigenvalue weighted by atomic mass is 10.1. The second-order valence-electron chi connectivity index (χ2n) is 7.15. The molecule has 170 valence electrons. The van der Waals surface area contributed by atoms with Gasteiger partial charge in [0, 0.05) is 23.4 Å². The summed E-state index contributed by atoms with van der Waals surface area (Å²) in [4.78, 5) is 16.5. The van der Waals surface area contributed by atoms with Gasteiger partial charge in [-0.1, -0.05) is 25.1 Å². The number of hydrogen-bond acceptors (Lipinski definition) is 5. The number of fused-ring (bicyclic) bond motifs is 1. The number of carbonyl (C=O) groups is 1. The average molecular weight is 455 g/mol. The number of pyridine rings is 1. The summed E-state index contributed by atoms with van der Waals surface area (Å²) in [5, 5.41) is 10.3. The molecule has 0 saturated carbocycles. The largest absolute Gasteiger partial charge is 0.573 e. The van der Waals surface area contributed by atoms with Gasteiger partial charge in [0.05, 0.1) is 5.69 Å². The number of hydrogen-bond donors (Lipinski definition) is 2. The van der Waals surface area contributed by atoms with E-state index in [0.29, 0.717) is 40.6 Å². The Bertz CT molecular complexity index is 1270. The van der Waals surface area contributed by atoms with Crippen LogP contribution < -0.4 is 15.4 Å². The molecule has 0 aliphatic heterocycles. The molecule has 4 aromatic rings. The van der Waals surface area contributed by atoms with Crippen molar-refractivity contribution in [2.75, 3.05) is 11.9 Å². The normalized spacial score (nSPS) is 11.4. The van der Waals surface area contributed by atoms with Gasteiger partial charge in [-0.3, -0.25) is 4.79 Å². The number of nitrogens with one attached hydrogen (secondary N) is 2. The quantitative estimate of drug-likeness (QED) is 0.402. The molecule has 2 aromatic heterocycles. The Morgan fingerprint density at radius 2 is 1.82 bits per heavy atom. The molecular weight excluding hydrogens is 435 g/mol. The van der Waals surface area contributed by atoms with E-state index < -0.39 is 6.36 Å². The van der Waals surface area contributed by atoms with Gasteiger partial charge in [-0.05, 0) is 55.0 Å². The van der Waals surface area contributed by atoms with Crippen molar-refractivity contribution in [1.82, 2.24) is 19.9 Å². The first-order valence-corrected chi connectivity index (χ1v) is 10.2. The number of alkyl halides is 3. The first-order valence-electron chi connectivity index (χ1n) is 10.2. The van der Waals surface area contributed by atoms with E-state index in [0.717, 1.165) is 6.42 Å². The number of benzene rings is 2. The molecule has 0 atom stereocenters. The van der Waals surface area contributed by atoms with Crippen LogP contribution in [-0.2, 0) is 0 Å². The lowest BCUT2D eigenvalue weighted by molar-refractivity contribution is -0.274. The maximum Gasteiger partial charge on any atom is 0.573 e. The number of ether oxygens (including phenoxy) is 1. The van der Waals surface area contributed by atoms with E-state index in [4.69, 9.17) is 0 Å². The Morgan fingerprint density at radius 1 is 1.06 bits per heavy atom. The van der Waals surface area contributed by atoms with Crippen molar-refractivity contribution >= 4 is 23.2 Å². The Morgan fingerprint density at radius 3 is 2.55 bits per heavy atom. The average Bonchev–Trinajstić information content (AvgIpc) is 3.19. The number of halogens is 3. The maximum atomic E-state index is 12.6. The third-order valence-corrected chi connectivity index (χ3v) is 4.66. The first-order chi connectivity index (χ1) is 15.8. The topological polar surface area (TPSA) is 80.5 Å². The Kier molecular flexibility index (Phi) is 6.16. The minimum atomic E-state index is -4.78. The summed E-state index contributed by atoms with van der Waals surface area (Å²) in [6, 6.07) is 17.7. The highest BCUT2D eigenvalue weighted by molar-refractivity contribution is 5.94. The van der Waals surface area contributed by atoms with Crippen molar-refractivity contribution < 1.29 is 22.7 Å². The van der Waals surface area contributed by atoms with Crippen LogP contribution in [0.15, 0.2) is 66.7 Å². The van der Waals surface area contributed by atoms with Crippen molar-refractivity contribution in [3.63, 3.8) is 0 Å². The predicted octanol–water partition coefficient (Wildman–Crippen LogP) is 5.18. The molecule has 0 bridgehead atoms. The molecular formula is C23H20F3N5O2. The third-order valence-electron chi connectivity index (χ3n) is 4.66. The molecule has 4 rings (SSSR count). The molecule has 0 unspecified atom stereocenters. The number of amides is 1. The molecule has 0 aliphatic carbocycles. The number of aromatic nitrogens is 3. The first kappa shape index (κ1) is 22.1. The van der Waals surface area contributed by atoms with Gasteiger partial charge in [-0.25, -0.2) is 4.52 Å². The number of rotatable bonds is 7. The zero-order valence-corrected chi connectivity index (χ0v) is 17.6. The van der Waals surface area contributed by atoms with E-state index >= 15 is 0 Å². The monoisotopic (exact) mass is 455 g/mol. The zero-order chi connectivity index (χ0) is 23.4. The summed E-state index contributed by atoms with van der Waals surface area (Å²) >= 11 is 0. The Hall–Kier alpha value is -4.08. The van der Waals surface area contributed by atoms with Gasteiger partial charge < -0.3 is 15.4 Å². The minimum Gasteiger partial charge on any atom is -0.406 e. The van der Waals surface area contributed by atoms with Crippen LogP contribution in [0.2, 0.25) is 0 Å². The molecule has 10 heteroatoms. The van der Waals surface area contributed by atoms with E-state index in [-0.39, 0.29) is 11.7 Å². The molecule has 0 spiro atoms. The van der Waals surface area contributed by atoms with Gasteiger partial charge in [0.25, 0.3) is 5.91 Å². The molecule has 0 fully saturated rings. The lowest BCUT2D eigenvalue weighted by Gasteiger charge is -2.10. The standard InChI is InChI=1S/C23H20F3N5O2/c1-2-13-27-21(32)15-9-11-17(12-10-15)28-22-29-20-8-4-7-19(31(20)30-22)16-5-3-6-18(14-16)33-23(24,25)26/h3-12,14H,2,13H2,1H3,(H,27,32)(H,28,30). The van der Waals surface area contributed by atoms with Crippen molar-refractivity contribution in [2.24, 2.45) is 0 Å². The van der Waals surface area contributed by atoms with Crippen molar-refractivity contribution in [1.29, 1.82) is 0 Å². The van der Waals surface area contributed by atoms with Crippen LogP contribution in [0.5, 0.6) is 5.75 Å². The van der Waals surface area contributed by atoms with Crippen LogP contribution in [0.3, 0.4) is 0 Å². The van der Waals surface area contributed by atoms with E-state index in [1.165, 1.54) is 22.7 Å². The van der Waals surface area contributed by atoms with Gasteiger partial charge in [-0.2, -0.15) is 4.98 Å². The molecule has 7 nitrogen and oxygen atoms in total. The molecule has 2 N–H and O–H groups in total. The van der Waals surface area contributed by atoms with Crippen LogP contribution in [0.25, 0.3) is 16.9 Å². The van der Waals surface area contributed by atoms with Crippen LogP contribution in [-0.4, -0.2) is 33.4 Å². The SMILES string of the molecule is CCCNC(=O)c1ccc(Nc2nc3cccc(-c4cccc(OC(F)(F)F)c4)n3n2)cc1. The summed E-state index contributed by atoms with van der Waals surface area (Å²) in [6.07, 6.45) is -3.92. The molecule has 2 aromatic carbocycles. The predicted molar refractivity (Wildman–Crippen MR) is 117 cm³/mol. The van der Waals surface area contributed by atoms with Crippen LogP contribution in [0.1, 0.15) is 23.7 Å². The summed E-state index contributed by atoms with van der Waals surface area (Å²) in [6.45, 7) is 2.59. The van der Waals surface area contributed by atoms with E-state index in [9.17, 15) is 18.0 Å². The Labute approximate surface area is 187 Å². The van der Waals surface area contributed by atoms with Gasteiger partial charge in [0.1, 0.15) is 5.75 Å². The molecule has 1 amide bonds. The minimum absolute atomic E-state index is 0.143.